The Hall–Kier alpha value is -1.26. The Kier molecular flexibility index (Phi) is 2.49. The number of halogens is 1. The second kappa shape index (κ2) is 3.89. The van der Waals surface area contributed by atoms with E-state index >= 15 is 0 Å². The van der Waals surface area contributed by atoms with E-state index in [0.717, 1.165) is 38.4 Å². The molecule has 0 unspecified atom stereocenters. The van der Waals surface area contributed by atoms with Crippen LogP contribution in [0.25, 0.3) is 21.9 Å². The molecule has 17 heavy (non-hydrogen) atoms. The molecule has 0 radical (unpaired) electrons. The van der Waals surface area contributed by atoms with Crippen molar-refractivity contribution in [3.8, 4) is 0 Å². The number of hydrogen-bond donors (Lipinski definition) is 1. The van der Waals surface area contributed by atoms with Crippen LogP contribution < -0.4 is 5.73 Å². The molecule has 0 fully saturated rings. The summed E-state index contributed by atoms with van der Waals surface area (Å²) in [5.74, 6) is 0. The summed E-state index contributed by atoms with van der Waals surface area (Å²) in [5.41, 5.74) is 8.76. The van der Waals surface area contributed by atoms with E-state index in [-0.39, 0.29) is 6.04 Å². The van der Waals surface area contributed by atoms with Crippen molar-refractivity contribution in [3.05, 3.63) is 34.7 Å². The predicted octanol–water partition coefficient (Wildman–Crippen LogP) is 3.83. The maximum Gasteiger partial charge on any atom is 0.149 e. The summed E-state index contributed by atoms with van der Waals surface area (Å²) in [6.07, 6.45) is 4.16. The average Bonchev–Trinajstić information content (AvgIpc) is 2.92. The van der Waals surface area contributed by atoms with Crippen molar-refractivity contribution >= 4 is 37.9 Å². The number of fused-ring (bicyclic) bond motifs is 2. The minimum atomic E-state index is 0.0857. The highest BCUT2D eigenvalue weighted by Gasteiger charge is 2.17. The quantitative estimate of drug-likeness (QED) is 0.781. The maximum absolute atomic E-state index is 5.90. The molecule has 0 bridgehead atoms. The molecular weight excluding hydrogens is 282 g/mol. The van der Waals surface area contributed by atoms with E-state index in [1.807, 2.05) is 19.1 Å². The van der Waals surface area contributed by atoms with E-state index < -0.39 is 0 Å². The molecule has 2 heterocycles. The Labute approximate surface area is 107 Å². The van der Waals surface area contributed by atoms with Crippen LogP contribution in [0.2, 0.25) is 0 Å². The lowest BCUT2D eigenvalue weighted by atomic mass is 10.0. The molecule has 0 saturated heterocycles. The van der Waals surface area contributed by atoms with Gasteiger partial charge in [-0.05, 0) is 41.4 Å². The third-order valence-corrected chi connectivity index (χ3v) is 3.68. The van der Waals surface area contributed by atoms with Crippen molar-refractivity contribution in [1.82, 2.24) is 0 Å². The lowest BCUT2D eigenvalue weighted by molar-refractivity contribution is 0.604. The first-order valence-corrected chi connectivity index (χ1v) is 6.28. The van der Waals surface area contributed by atoms with E-state index in [9.17, 15) is 0 Å². The van der Waals surface area contributed by atoms with Crippen molar-refractivity contribution < 1.29 is 8.83 Å². The van der Waals surface area contributed by atoms with Gasteiger partial charge < -0.3 is 14.6 Å². The minimum absolute atomic E-state index is 0.0857. The molecule has 2 aromatic heterocycles. The Morgan fingerprint density at radius 2 is 1.82 bits per heavy atom. The van der Waals surface area contributed by atoms with Crippen molar-refractivity contribution in [2.75, 3.05) is 0 Å². The molecule has 0 aliphatic heterocycles. The fourth-order valence-corrected chi connectivity index (χ4v) is 2.82. The van der Waals surface area contributed by atoms with Gasteiger partial charge in [0.1, 0.15) is 11.2 Å². The number of hydrogen-bond acceptors (Lipinski definition) is 3. The lowest BCUT2D eigenvalue weighted by Gasteiger charge is -2.08. The van der Waals surface area contributed by atoms with Crippen LogP contribution in [0.1, 0.15) is 12.5 Å². The molecule has 4 heteroatoms. The second-order valence-corrected chi connectivity index (χ2v) is 5.09. The first-order chi connectivity index (χ1) is 8.18. The van der Waals surface area contributed by atoms with Crippen molar-refractivity contribution in [2.24, 2.45) is 5.73 Å². The molecule has 0 aliphatic carbocycles. The van der Waals surface area contributed by atoms with Crippen LogP contribution >= 0.6 is 15.9 Å². The molecule has 0 saturated carbocycles. The fraction of sp³-hybridized carbons (Fsp3) is 0.231. The van der Waals surface area contributed by atoms with Crippen LogP contribution in [0, 0.1) is 0 Å². The Balaban J connectivity index is 2.43. The minimum Gasteiger partial charge on any atom is -0.464 e. The normalized spacial score (nSPS) is 13.6. The summed E-state index contributed by atoms with van der Waals surface area (Å²) in [7, 11) is 0. The molecular formula is C13H12BrNO2. The second-order valence-electron chi connectivity index (χ2n) is 4.30. The summed E-state index contributed by atoms with van der Waals surface area (Å²) in [6, 6.07) is 3.98. The van der Waals surface area contributed by atoms with Gasteiger partial charge in [0.15, 0.2) is 0 Å². The largest absolute Gasteiger partial charge is 0.464 e. The lowest BCUT2D eigenvalue weighted by Crippen LogP contribution is -2.18. The Morgan fingerprint density at radius 3 is 2.53 bits per heavy atom. The van der Waals surface area contributed by atoms with Gasteiger partial charge in [-0.2, -0.15) is 0 Å². The zero-order chi connectivity index (χ0) is 12.0. The van der Waals surface area contributed by atoms with E-state index in [1.165, 1.54) is 0 Å². The number of furan rings is 2. The summed E-state index contributed by atoms with van der Waals surface area (Å²) >= 11 is 3.56. The van der Waals surface area contributed by atoms with Gasteiger partial charge in [-0.1, -0.05) is 0 Å². The highest BCUT2D eigenvalue weighted by Crippen LogP contribution is 2.37. The Bertz CT molecular complexity index is 629. The van der Waals surface area contributed by atoms with Gasteiger partial charge in [0.25, 0.3) is 0 Å². The summed E-state index contributed by atoms with van der Waals surface area (Å²) in [4.78, 5) is 0. The number of benzene rings is 1. The topological polar surface area (TPSA) is 52.3 Å². The van der Waals surface area contributed by atoms with Gasteiger partial charge in [-0.25, -0.2) is 0 Å². The van der Waals surface area contributed by atoms with Crippen molar-refractivity contribution in [3.63, 3.8) is 0 Å². The van der Waals surface area contributed by atoms with Crippen LogP contribution in [0.3, 0.4) is 0 Å². The first-order valence-electron chi connectivity index (χ1n) is 5.49. The van der Waals surface area contributed by atoms with Gasteiger partial charge in [0, 0.05) is 22.4 Å². The summed E-state index contributed by atoms with van der Waals surface area (Å²) in [6.45, 7) is 1.99. The maximum atomic E-state index is 5.90. The molecule has 1 aromatic carbocycles. The Morgan fingerprint density at radius 1 is 1.18 bits per heavy atom. The van der Waals surface area contributed by atoms with Crippen LogP contribution in [0.4, 0.5) is 0 Å². The molecule has 0 aliphatic rings. The molecule has 1 atom stereocenters. The van der Waals surface area contributed by atoms with Gasteiger partial charge in [-0.3, -0.25) is 0 Å². The van der Waals surface area contributed by atoms with Gasteiger partial charge in [-0.15, -0.1) is 0 Å². The fourth-order valence-electron chi connectivity index (χ4n) is 2.20. The molecule has 3 rings (SSSR count). The van der Waals surface area contributed by atoms with Crippen LogP contribution in [-0.2, 0) is 6.42 Å². The standard InChI is InChI=1S/C13H12BrNO2/c1-7(15)6-10-8-2-4-17-13(8)11(14)9-3-5-16-12(9)10/h2-5,7H,6,15H2,1H3/t7-/m1/s1. The van der Waals surface area contributed by atoms with Crippen LogP contribution in [0.5, 0.6) is 0 Å². The molecule has 88 valence electrons. The summed E-state index contributed by atoms with van der Waals surface area (Å²) in [5, 5.41) is 2.10. The highest BCUT2D eigenvalue weighted by atomic mass is 79.9. The SMILES string of the molecule is C[C@@H](N)Cc1c2ccoc2c(Br)c2ccoc12. The van der Waals surface area contributed by atoms with Crippen LogP contribution in [-0.4, -0.2) is 6.04 Å². The third kappa shape index (κ3) is 1.59. The smallest absolute Gasteiger partial charge is 0.149 e. The third-order valence-electron chi connectivity index (χ3n) is 2.89. The molecule has 2 N–H and O–H groups in total. The van der Waals surface area contributed by atoms with Gasteiger partial charge >= 0.3 is 0 Å². The first kappa shape index (κ1) is 10.9. The molecule has 0 amide bonds. The predicted molar refractivity (Wildman–Crippen MR) is 71.0 cm³/mol. The van der Waals surface area contributed by atoms with Gasteiger partial charge in [0.2, 0.25) is 0 Å². The zero-order valence-electron chi connectivity index (χ0n) is 9.37. The summed E-state index contributed by atoms with van der Waals surface area (Å²) < 4.78 is 12.0. The van der Waals surface area contributed by atoms with Gasteiger partial charge in [0.05, 0.1) is 17.0 Å². The van der Waals surface area contributed by atoms with Crippen molar-refractivity contribution in [1.29, 1.82) is 0 Å². The highest BCUT2D eigenvalue weighted by molar-refractivity contribution is 9.10. The van der Waals surface area contributed by atoms with E-state index in [2.05, 4.69) is 15.9 Å². The molecule has 3 aromatic rings. The van der Waals surface area contributed by atoms with Crippen LogP contribution in [0.15, 0.2) is 38.0 Å². The molecule has 0 spiro atoms. The monoisotopic (exact) mass is 293 g/mol. The molecule has 3 nitrogen and oxygen atoms in total. The van der Waals surface area contributed by atoms with E-state index in [1.54, 1.807) is 12.5 Å². The van der Waals surface area contributed by atoms with Crippen molar-refractivity contribution in [2.45, 2.75) is 19.4 Å². The average molecular weight is 294 g/mol. The number of rotatable bonds is 2. The van der Waals surface area contributed by atoms with E-state index in [4.69, 9.17) is 14.6 Å². The zero-order valence-corrected chi connectivity index (χ0v) is 11.0. The van der Waals surface area contributed by atoms with E-state index in [0.29, 0.717) is 0 Å². The number of nitrogens with two attached hydrogens (primary N) is 1.